The van der Waals surface area contributed by atoms with Crippen LogP contribution in [-0.2, 0) is 16.1 Å². The first-order valence-electron chi connectivity index (χ1n) is 12.5. The second-order valence-corrected chi connectivity index (χ2v) is 9.38. The van der Waals surface area contributed by atoms with E-state index in [9.17, 15) is 14.3 Å². The lowest BCUT2D eigenvalue weighted by molar-refractivity contribution is -0.137. The van der Waals surface area contributed by atoms with E-state index in [-0.39, 0.29) is 18.9 Å². The number of carboxylic acids is 1. The van der Waals surface area contributed by atoms with E-state index in [1.165, 1.54) is 13.2 Å². The number of halogens is 1. The van der Waals surface area contributed by atoms with Gasteiger partial charge in [0.15, 0.2) is 5.82 Å². The summed E-state index contributed by atoms with van der Waals surface area (Å²) in [7, 11) is 1.54. The summed E-state index contributed by atoms with van der Waals surface area (Å²) in [5.74, 6) is 0.958. The molecule has 1 N–H and O–H groups in total. The number of methoxy groups -OCH3 is 1. The molecule has 8 nitrogen and oxygen atoms in total. The number of aromatic nitrogens is 2. The van der Waals surface area contributed by atoms with Crippen molar-refractivity contribution in [3.8, 4) is 22.8 Å². The summed E-state index contributed by atoms with van der Waals surface area (Å²) in [6.07, 6.45) is 3.83. The highest BCUT2D eigenvalue weighted by Crippen LogP contribution is 2.45. The van der Waals surface area contributed by atoms with Gasteiger partial charge in [-0.1, -0.05) is 12.1 Å². The Balaban J connectivity index is 1.39. The van der Waals surface area contributed by atoms with Crippen LogP contribution >= 0.6 is 0 Å². The predicted octanol–water partition coefficient (Wildman–Crippen LogP) is 4.68. The predicted molar refractivity (Wildman–Crippen MR) is 136 cm³/mol. The minimum Gasteiger partial charge on any atom is -0.497 e. The summed E-state index contributed by atoms with van der Waals surface area (Å²) in [6.45, 7) is 2.50. The van der Waals surface area contributed by atoms with Crippen LogP contribution in [0.5, 0.6) is 11.5 Å². The lowest BCUT2D eigenvalue weighted by atomic mass is 9.91. The van der Waals surface area contributed by atoms with E-state index in [4.69, 9.17) is 19.2 Å². The van der Waals surface area contributed by atoms with Gasteiger partial charge in [0.2, 0.25) is 0 Å². The van der Waals surface area contributed by atoms with Gasteiger partial charge in [0.1, 0.15) is 29.6 Å². The molecule has 1 aliphatic heterocycles. The van der Waals surface area contributed by atoms with Crippen molar-refractivity contribution in [3.05, 3.63) is 65.7 Å². The Morgan fingerprint density at radius 1 is 1.19 bits per heavy atom. The molecular weight excluding hydrogens is 477 g/mol. The second-order valence-electron chi connectivity index (χ2n) is 9.38. The molecule has 1 saturated heterocycles. The zero-order valence-corrected chi connectivity index (χ0v) is 20.7. The average Bonchev–Trinajstić information content (AvgIpc) is 3.77. The van der Waals surface area contributed by atoms with Crippen molar-refractivity contribution in [2.75, 3.05) is 38.3 Å². The number of ether oxygens (including phenoxy) is 3. The summed E-state index contributed by atoms with van der Waals surface area (Å²) < 4.78 is 31.7. The SMILES string of the molecule is COc1ccc(F)c(-c2ncc(COc3cccc([C@@H](CC(=O)O)C4CC4)c3)nc2N2CCOCC2)c1. The summed E-state index contributed by atoms with van der Waals surface area (Å²) in [4.78, 5) is 22.8. The Morgan fingerprint density at radius 2 is 2.00 bits per heavy atom. The highest BCUT2D eigenvalue weighted by Gasteiger charge is 2.34. The van der Waals surface area contributed by atoms with E-state index < -0.39 is 11.8 Å². The Kier molecular flexibility index (Phi) is 7.50. The Hall–Kier alpha value is -3.72. The van der Waals surface area contributed by atoms with Gasteiger partial charge in [0, 0.05) is 18.7 Å². The molecular formula is C28H30FN3O5. The van der Waals surface area contributed by atoms with Crippen LogP contribution in [0.4, 0.5) is 10.2 Å². The second kappa shape index (κ2) is 11.1. The number of carbonyl (C=O) groups is 1. The summed E-state index contributed by atoms with van der Waals surface area (Å²) in [6, 6.07) is 12.2. The molecule has 5 rings (SSSR count). The molecule has 1 atom stereocenters. The van der Waals surface area contributed by atoms with Gasteiger partial charge in [-0.05, 0) is 60.6 Å². The molecule has 37 heavy (non-hydrogen) atoms. The van der Waals surface area contributed by atoms with Gasteiger partial charge in [-0.15, -0.1) is 0 Å². The Bertz CT molecular complexity index is 1260. The summed E-state index contributed by atoms with van der Waals surface area (Å²) in [5.41, 5.74) is 2.33. The molecule has 2 aliphatic rings. The molecule has 0 radical (unpaired) electrons. The molecule has 1 saturated carbocycles. The standard InChI is InChI=1S/C28H30FN3O5/c1-35-21-7-8-25(29)24(14-21)27-28(32-9-11-36-12-10-32)31-20(16-30-27)17-37-22-4-2-3-19(13-22)23(15-26(33)34)18-5-6-18/h2-4,7-8,13-14,16,18,23H,5-6,9-12,15,17H2,1H3,(H,33,34)/t23-/m0/s1. The van der Waals surface area contributed by atoms with Crippen LogP contribution in [0.25, 0.3) is 11.3 Å². The van der Waals surface area contributed by atoms with Crippen LogP contribution in [0.15, 0.2) is 48.7 Å². The lowest BCUT2D eigenvalue weighted by Gasteiger charge is -2.29. The van der Waals surface area contributed by atoms with E-state index in [1.807, 2.05) is 29.2 Å². The van der Waals surface area contributed by atoms with E-state index in [1.54, 1.807) is 18.3 Å². The van der Waals surface area contributed by atoms with Crippen molar-refractivity contribution >= 4 is 11.8 Å². The third-order valence-electron chi connectivity index (χ3n) is 6.80. The normalized spacial score (nSPS) is 16.3. The molecule has 1 aliphatic carbocycles. The lowest BCUT2D eigenvalue weighted by Crippen LogP contribution is -2.37. The molecule has 0 bridgehead atoms. The van der Waals surface area contributed by atoms with E-state index in [0.29, 0.717) is 66.5 Å². The fourth-order valence-electron chi connectivity index (χ4n) is 4.72. The number of rotatable bonds is 10. The van der Waals surface area contributed by atoms with Gasteiger partial charge in [0.05, 0.1) is 38.6 Å². The monoisotopic (exact) mass is 507 g/mol. The first kappa shape index (κ1) is 25.0. The maximum Gasteiger partial charge on any atom is 0.303 e. The van der Waals surface area contributed by atoms with Crippen molar-refractivity contribution < 1.29 is 28.5 Å². The third kappa shape index (κ3) is 5.99. The van der Waals surface area contributed by atoms with Crippen LogP contribution < -0.4 is 14.4 Å². The Labute approximate surface area is 215 Å². The first-order valence-corrected chi connectivity index (χ1v) is 12.5. The number of carboxylic acid groups (broad SMARTS) is 1. The molecule has 3 aromatic rings. The maximum atomic E-state index is 14.8. The van der Waals surface area contributed by atoms with Crippen LogP contribution in [0.2, 0.25) is 0 Å². The largest absolute Gasteiger partial charge is 0.497 e. The van der Waals surface area contributed by atoms with E-state index >= 15 is 0 Å². The fraction of sp³-hybridized carbons (Fsp3) is 0.393. The zero-order chi connectivity index (χ0) is 25.8. The van der Waals surface area contributed by atoms with Crippen LogP contribution in [0, 0.1) is 11.7 Å². The minimum atomic E-state index is -0.790. The topological polar surface area (TPSA) is 94.0 Å². The van der Waals surface area contributed by atoms with Gasteiger partial charge >= 0.3 is 5.97 Å². The van der Waals surface area contributed by atoms with Gasteiger partial charge in [-0.3, -0.25) is 9.78 Å². The van der Waals surface area contributed by atoms with Crippen molar-refractivity contribution in [2.45, 2.75) is 31.8 Å². The smallest absolute Gasteiger partial charge is 0.303 e. The number of nitrogens with zero attached hydrogens (tertiary/aromatic N) is 3. The summed E-state index contributed by atoms with van der Waals surface area (Å²) >= 11 is 0. The molecule has 2 aromatic carbocycles. The fourth-order valence-corrected chi connectivity index (χ4v) is 4.72. The number of benzene rings is 2. The van der Waals surface area contributed by atoms with Crippen molar-refractivity contribution in [1.29, 1.82) is 0 Å². The molecule has 2 heterocycles. The Morgan fingerprint density at radius 3 is 2.73 bits per heavy atom. The van der Waals surface area contributed by atoms with Gasteiger partial charge in [-0.2, -0.15) is 0 Å². The van der Waals surface area contributed by atoms with Gasteiger partial charge < -0.3 is 24.2 Å². The number of anilines is 1. The first-order chi connectivity index (χ1) is 18.0. The molecule has 194 valence electrons. The molecule has 1 aromatic heterocycles. The van der Waals surface area contributed by atoms with Gasteiger partial charge in [-0.25, -0.2) is 9.37 Å². The number of hydrogen-bond donors (Lipinski definition) is 1. The highest BCUT2D eigenvalue weighted by molar-refractivity contribution is 5.74. The van der Waals surface area contributed by atoms with Crippen molar-refractivity contribution in [1.82, 2.24) is 9.97 Å². The molecule has 0 amide bonds. The minimum absolute atomic E-state index is 0.00851. The molecule has 0 unspecified atom stereocenters. The number of hydrogen-bond acceptors (Lipinski definition) is 7. The zero-order valence-electron chi connectivity index (χ0n) is 20.7. The highest BCUT2D eigenvalue weighted by atomic mass is 19.1. The number of aliphatic carboxylic acids is 1. The maximum absolute atomic E-state index is 14.8. The van der Waals surface area contributed by atoms with E-state index in [0.717, 1.165) is 18.4 Å². The van der Waals surface area contributed by atoms with Crippen LogP contribution in [0.3, 0.4) is 0 Å². The van der Waals surface area contributed by atoms with Crippen LogP contribution in [-0.4, -0.2) is 54.5 Å². The van der Waals surface area contributed by atoms with Crippen molar-refractivity contribution in [2.24, 2.45) is 5.92 Å². The van der Waals surface area contributed by atoms with Crippen LogP contribution in [0.1, 0.15) is 36.4 Å². The molecule has 2 fully saturated rings. The third-order valence-corrected chi connectivity index (χ3v) is 6.80. The summed E-state index contributed by atoms with van der Waals surface area (Å²) in [5, 5.41) is 9.34. The van der Waals surface area contributed by atoms with E-state index in [2.05, 4.69) is 4.98 Å². The van der Waals surface area contributed by atoms with Gasteiger partial charge in [0.25, 0.3) is 0 Å². The average molecular weight is 508 g/mol. The van der Waals surface area contributed by atoms with Crippen molar-refractivity contribution in [3.63, 3.8) is 0 Å². The molecule has 0 spiro atoms. The molecule has 9 heteroatoms. The quantitative estimate of drug-likeness (QED) is 0.423. The number of morpholine rings is 1.